The van der Waals surface area contributed by atoms with E-state index in [9.17, 15) is 0 Å². The fraction of sp³-hybridized carbons (Fsp3) is 0.444. The molecule has 0 radical (unpaired) electrons. The molecule has 116 valence electrons. The van der Waals surface area contributed by atoms with Crippen molar-refractivity contribution in [2.24, 2.45) is 5.92 Å². The van der Waals surface area contributed by atoms with E-state index in [1.807, 2.05) is 6.92 Å². The van der Waals surface area contributed by atoms with Gasteiger partial charge in [-0.05, 0) is 38.3 Å². The smallest absolute Gasteiger partial charge is 0.133 e. The van der Waals surface area contributed by atoms with Crippen molar-refractivity contribution in [2.75, 3.05) is 13.1 Å². The highest BCUT2D eigenvalue weighted by Crippen LogP contribution is 2.19. The summed E-state index contributed by atoms with van der Waals surface area (Å²) in [4.78, 5) is 0. The molecule has 4 heteroatoms. The second kappa shape index (κ2) is 6.88. The SMILES string of the molecule is CC(=Cc1ccccc1)CNCC1CCc2nnc(C)n2C1. The van der Waals surface area contributed by atoms with Gasteiger partial charge in [-0.3, -0.25) is 0 Å². The van der Waals surface area contributed by atoms with Gasteiger partial charge in [-0.2, -0.15) is 0 Å². The average molecular weight is 296 g/mol. The molecule has 1 N–H and O–H groups in total. The summed E-state index contributed by atoms with van der Waals surface area (Å²) in [6, 6.07) is 10.5. The van der Waals surface area contributed by atoms with Gasteiger partial charge in [0.1, 0.15) is 11.6 Å². The number of nitrogens with zero attached hydrogens (tertiary/aromatic N) is 3. The zero-order valence-corrected chi connectivity index (χ0v) is 13.4. The van der Waals surface area contributed by atoms with E-state index in [1.54, 1.807) is 0 Å². The van der Waals surface area contributed by atoms with Gasteiger partial charge in [-0.15, -0.1) is 10.2 Å². The Balaban J connectivity index is 1.48. The van der Waals surface area contributed by atoms with Crippen LogP contribution in [0.1, 0.15) is 30.6 Å². The molecule has 1 unspecified atom stereocenters. The maximum atomic E-state index is 4.23. The Morgan fingerprint density at radius 2 is 2.14 bits per heavy atom. The van der Waals surface area contributed by atoms with E-state index in [0.717, 1.165) is 37.7 Å². The lowest BCUT2D eigenvalue weighted by molar-refractivity contribution is 0.348. The van der Waals surface area contributed by atoms with Crippen LogP contribution < -0.4 is 5.32 Å². The number of hydrogen-bond acceptors (Lipinski definition) is 3. The first-order valence-corrected chi connectivity index (χ1v) is 8.04. The Morgan fingerprint density at radius 1 is 1.32 bits per heavy atom. The quantitative estimate of drug-likeness (QED) is 0.922. The van der Waals surface area contributed by atoms with Gasteiger partial charge in [0.05, 0.1) is 0 Å². The summed E-state index contributed by atoms with van der Waals surface area (Å²) in [6.45, 7) is 7.26. The molecule has 4 nitrogen and oxygen atoms in total. The molecule has 0 fully saturated rings. The van der Waals surface area contributed by atoms with Gasteiger partial charge in [-0.25, -0.2) is 0 Å². The summed E-state index contributed by atoms with van der Waals surface area (Å²) in [5.74, 6) is 2.86. The van der Waals surface area contributed by atoms with E-state index in [1.165, 1.54) is 17.6 Å². The van der Waals surface area contributed by atoms with E-state index in [-0.39, 0.29) is 0 Å². The molecule has 3 rings (SSSR count). The van der Waals surface area contributed by atoms with Crippen LogP contribution in [0, 0.1) is 12.8 Å². The van der Waals surface area contributed by atoms with Crippen molar-refractivity contribution < 1.29 is 0 Å². The van der Waals surface area contributed by atoms with Crippen molar-refractivity contribution in [1.29, 1.82) is 0 Å². The molecule has 0 saturated heterocycles. The standard InChI is InChI=1S/C18H24N4/c1-14(10-16-6-4-3-5-7-16)11-19-12-17-8-9-18-21-20-15(2)22(18)13-17/h3-7,10,17,19H,8-9,11-13H2,1-2H3. The second-order valence-corrected chi connectivity index (χ2v) is 6.21. The maximum Gasteiger partial charge on any atom is 0.133 e. The summed E-state index contributed by atoms with van der Waals surface area (Å²) in [5, 5.41) is 12.0. The summed E-state index contributed by atoms with van der Waals surface area (Å²) >= 11 is 0. The van der Waals surface area contributed by atoms with Crippen molar-refractivity contribution >= 4 is 6.08 Å². The molecule has 1 aliphatic rings. The third-order valence-corrected chi connectivity index (χ3v) is 4.28. The fourth-order valence-corrected chi connectivity index (χ4v) is 3.05. The van der Waals surface area contributed by atoms with Gasteiger partial charge in [-0.1, -0.05) is 42.0 Å². The highest BCUT2D eigenvalue weighted by atomic mass is 15.3. The topological polar surface area (TPSA) is 42.7 Å². The molecule has 1 atom stereocenters. The predicted molar refractivity (Wildman–Crippen MR) is 89.5 cm³/mol. The largest absolute Gasteiger partial charge is 0.315 e. The van der Waals surface area contributed by atoms with Crippen LogP contribution in [0.4, 0.5) is 0 Å². The third kappa shape index (κ3) is 3.63. The summed E-state index contributed by atoms with van der Waals surface area (Å²) in [6.07, 6.45) is 4.49. The average Bonchev–Trinajstić information content (AvgIpc) is 2.89. The van der Waals surface area contributed by atoms with Crippen LogP contribution in [0.15, 0.2) is 35.9 Å². The molecule has 0 aliphatic carbocycles. The number of aryl methyl sites for hydroxylation is 2. The van der Waals surface area contributed by atoms with Gasteiger partial charge >= 0.3 is 0 Å². The Labute approximate surface area is 132 Å². The lowest BCUT2D eigenvalue weighted by atomic mass is 9.99. The van der Waals surface area contributed by atoms with Crippen molar-refractivity contribution in [2.45, 2.75) is 33.2 Å². The van der Waals surface area contributed by atoms with Crippen LogP contribution in [0.5, 0.6) is 0 Å². The van der Waals surface area contributed by atoms with Gasteiger partial charge in [0.2, 0.25) is 0 Å². The Hall–Kier alpha value is -1.94. The second-order valence-electron chi connectivity index (χ2n) is 6.21. The van der Waals surface area contributed by atoms with Gasteiger partial charge < -0.3 is 9.88 Å². The minimum absolute atomic E-state index is 0.673. The highest BCUT2D eigenvalue weighted by Gasteiger charge is 2.20. The molecule has 0 bridgehead atoms. The summed E-state index contributed by atoms with van der Waals surface area (Å²) in [5.41, 5.74) is 2.63. The van der Waals surface area contributed by atoms with E-state index in [2.05, 4.69) is 63.4 Å². The zero-order chi connectivity index (χ0) is 15.4. The third-order valence-electron chi connectivity index (χ3n) is 4.28. The summed E-state index contributed by atoms with van der Waals surface area (Å²) in [7, 11) is 0. The molecular weight excluding hydrogens is 272 g/mol. The lowest BCUT2D eigenvalue weighted by Crippen LogP contribution is -2.31. The minimum Gasteiger partial charge on any atom is -0.315 e. The first-order valence-electron chi connectivity index (χ1n) is 8.04. The maximum absolute atomic E-state index is 4.23. The lowest BCUT2D eigenvalue weighted by Gasteiger charge is -2.24. The van der Waals surface area contributed by atoms with Gasteiger partial charge in [0.25, 0.3) is 0 Å². The van der Waals surface area contributed by atoms with E-state index in [0.29, 0.717) is 5.92 Å². The molecule has 1 aliphatic heterocycles. The van der Waals surface area contributed by atoms with Crippen molar-refractivity contribution in [3.63, 3.8) is 0 Å². The number of hydrogen-bond donors (Lipinski definition) is 1. The van der Waals surface area contributed by atoms with Crippen LogP contribution in [0.25, 0.3) is 6.08 Å². The molecule has 2 aromatic rings. The number of nitrogens with one attached hydrogen (secondary N) is 1. The number of fused-ring (bicyclic) bond motifs is 1. The zero-order valence-electron chi connectivity index (χ0n) is 13.4. The Bertz CT molecular complexity index is 642. The van der Waals surface area contributed by atoms with Crippen molar-refractivity contribution in [3.8, 4) is 0 Å². The van der Waals surface area contributed by atoms with Gasteiger partial charge in [0, 0.05) is 19.5 Å². The molecule has 0 amide bonds. The van der Waals surface area contributed by atoms with E-state index in [4.69, 9.17) is 0 Å². The molecule has 22 heavy (non-hydrogen) atoms. The van der Waals surface area contributed by atoms with Crippen molar-refractivity contribution in [1.82, 2.24) is 20.1 Å². The highest BCUT2D eigenvalue weighted by molar-refractivity contribution is 5.52. The molecular formula is C18H24N4. The van der Waals surface area contributed by atoms with E-state index >= 15 is 0 Å². The van der Waals surface area contributed by atoms with Crippen molar-refractivity contribution in [3.05, 3.63) is 53.1 Å². The van der Waals surface area contributed by atoms with Crippen LogP contribution >= 0.6 is 0 Å². The first kappa shape index (κ1) is 15.0. The monoisotopic (exact) mass is 296 g/mol. The number of benzene rings is 1. The van der Waals surface area contributed by atoms with Crippen LogP contribution in [-0.2, 0) is 13.0 Å². The van der Waals surface area contributed by atoms with Crippen LogP contribution in [0.3, 0.4) is 0 Å². The van der Waals surface area contributed by atoms with E-state index < -0.39 is 0 Å². The van der Waals surface area contributed by atoms with Crippen LogP contribution in [0.2, 0.25) is 0 Å². The first-order chi connectivity index (χ1) is 10.7. The van der Waals surface area contributed by atoms with Crippen LogP contribution in [-0.4, -0.2) is 27.9 Å². The molecule has 1 aromatic carbocycles. The molecule has 0 spiro atoms. The number of aromatic nitrogens is 3. The minimum atomic E-state index is 0.673. The number of rotatable bonds is 5. The molecule has 2 heterocycles. The fourth-order valence-electron chi connectivity index (χ4n) is 3.05. The summed E-state index contributed by atoms with van der Waals surface area (Å²) < 4.78 is 2.27. The predicted octanol–water partition coefficient (Wildman–Crippen LogP) is 2.84. The molecule has 0 saturated carbocycles. The normalized spacial score (nSPS) is 18.3. The molecule has 1 aromatic heterocycles. The Kier molecular flexibility index (Phi) is 4.68. The Morgan fingerprint density at radius 3 is 2.95 bits per heavy atom. The van der Waals surface area contributed by atoms with Gasteiger partial charge in [0.15, 0.2) is 0 Å².